The molecule has 2 rings (SSSR count). The lowest BCUT2D eigenvalue weighted by atomic mass is 10.0. The Balaban J connectivity index is 0.00000162. The first-order valence-electron chi connectivity index (χ1n) is 6.33. The van der Waals surface area contributed by atoms with Crippen LogP contribution in [0.5, 0.6) is 0 Å². The van der Waals surface area contributed by atoms with Gasteiger partial charge in [0.2, 0.25) is 0 Å². The van der Waals surface area contributed by atoms with Gasteiger partial charge in [-0.1, -0.05) is 23.7 Å². The van der Waals surface area contributed by atoms with Crippen molar-refractivity contribution in [1.82, 2.24) is 10.2 Å². The van der Waals surface area contributed by atoms with Crippen molar-refractivity contribution in [1.29, 1.82) is 0 Å². The average molecular weight is 289 g/mol. The van der Waals surface area contributed by atoms with Crippen LogP contribution in [0.4, 0.5) is 0 Å². The van der Waals surface area contributed by atoms with Gasteiger partial charge >= 0.3 is 0 Å². The Kier molecular flexibility index (Phi) is 6.44. The first-order chi connectivity index (χ1) is 8.19. The van der Waals surface area contributed by atoms with Crippen molar-refractivity contribution in [2.45, 2.75) is 32.4 Å². The van der Waals surface area contributed by atoms with Crippen molar-refractivity contribution in [2.75, 3.05) is 20.1 Å². The number of nitrogens with one attached hydrogen (secondary N) is 1. The van der Waals surface area contributed by atoms with E-state index < -0.39 is 0 Å². The smallest absolute Gasteiger partial charge is 0.0435 e. The van der Waals surface area contributed by atoms with Gasteiger partial charge in [0, 0.05) is 24.2 Å². The number of hydrogen-bond donors (Lipinski definition) is 1. The quantitative estimate of drug-likeness (QED) is 0.919. The normalized spacial score (nSPS) is 20.5. The number of likely N-dealkylation sites (N-methyl/N-ethyl adjacent to an activating group) is 1. The number of benzene rings is 1. The molecule has 1 fully saturated rings. The first kappa shape index (κ1) is 15.8. The predicted molar refractivity (Wildman–Crippen MR) is 80.8 cm³/mol. The molecule has 1 aliphatic rings. The minimum absolute atomic E-state index is 0. The van der Waals surface area contributed by atoms with Crippen molar-refractivity contribution in [2.24, 2.45) is 0 Å². The molecule has 102 valence electrons. The number of hydrogen-bond acceptors (Lipinski definition) is 2. The molecule has 0 aromatic heterocycles. The fraction of sp³-hybridized carbons (Fsp3) is 0.571. The zero-order valence-electron chi connectivity index (χ0n) is 11.1. The van der Waals surface area contributed by atoms with E-state index in [0.717, 1.165) is 18.1 Å². The summed E-state index contributed by atoms with van der Waals surface area (Å²) < 4.78 is 0. The van der Waals surface area contributed by atoms with E-state index in [1.807, 2.05) is 6.07 Å². The molecule has 0 spiro atoms. The predicted octanol–water partition coefficient (Wildman–Crippen LogP) is 3.25. The van der Waals surface area contributed by atoms with Crippen LogP contribution >= 0.6 is 24.0 Å². The summed E-state index contributed by atoms with van der Waals surface area (Å²) in [6.07, 6.45) is 2.59. The average Bonchev–Trinajstić information content (AvgIpc) is 2.34. The summed E-state index contributed by atoms with van der Waals surface area (Å²) in [4.78, 5) is 2.52. The largest absolute Gasteiger partial charge is 0.316 e. The highest BCUT2D eigenvalue weighted by Gasteiger charge is 2.18. The molecule has 1 aromatic carbocycles. The number of rotatable bonds is 3. The van der Waals surface area contributed by atoms with Gasteiger partial charge in [-0.15, -0.1) is 12.4 Å². The zero-order valence-corrected chi connectivity index (χ0v) is 12.7. The second-order valence-electron chi connectivity index (χ2n) is 4.95. The van der Waals surface area contributed by atoms with Crippen molar-refractivity contribution >= 4 is 24.0 Å². The maximum atomic E-state index is 6.05. The van der Waals surface area contributed by atoms with Gasteiger partial charge in [0.05, 0.1) is 0 Å². The molecule has 1 N–H and O–H groups in total. The van der Waals surface area contributed by atoms with Gasteiger partial charge in [-0.2, -0.15) is 0 Å². The molecule has 1 unspecified atom stereocenters. The highest BCUT2D eigenvalue weighted by Crippen LogP contribution is 2.19. The fourth-order valence-corrected chi connectivity index (χ4v) is 2.62. The number of nitrogens with zero attached hydrogens (tertiary/aromatic N) is 1. The first-order valence-corrected chi connectivity index (χ1v) is 6.71. The Morgan fingerprint density at radius 3 is 2.89 bits per heavy atom. The third-order valence-electron chi connectivity index (χ3n) is 3.54. The van der Waals surface area contributed by atoms with Crippen LogP contribution in [-0.2, 0) is 6.54 Å². The molecule has 0 amide bonds. The summed E-state index contributed by atoms with van der Waals surface area (Å²) in [6, 6.07) is 6.99. The van der Waals surface area contributed by atoms with E-state index >= 15 is 0 Å². The van der Waals surface area contributed by atoms with E-state index in [1.165, 1.54) is 30.5 Å². The Labute approximate surface area is 121 Å². The molecule has 2 nitrogen and oxygen atoms in total. The zero-order chi connectivity index (χ0) is 12.3. The van der Waals surface area contributed by atoms with E-state index in [1.54, 1.807) is 0 Å². The molecule has 1 heterocycles. The van der Waals surface area contributed by atoms with Gasteiger partial charge in [0.15, 0.2) is 0 Å². The minimum atomic E-state index is 0. The van der Waals surface area contributed by atoms with Crippen molar-refractivity contribution < 1.29 is 0 Å². The molecule has 0 bridgehead atoms. The Morgan fingerprint density at radius 2 is 2.22 bits per heavy atom. The summed E-state index contributed by atoms with van der Waals surface area (Å²) in [5.74, 6) is 0. The molecule has 18 heavy (non-hydrogen) atoms. The number of piperidine rings is 1. The third-order valence-corrected chi connectivity index (χ3v) is 3.97. The Hall–Kier alpha value is -0.280. The Morgan fingerprint density at radius 1 is 1.44 bits per heavy atom. The van der Waals surface area contributed by atoms with Crippen LogP contribution in [0, 0.1) is 6.92 Å². The van der Waals surface area contributed by atoms with Gasteiger partial charge in [0.1, 0.15) is 0 Å². The maximum absolute atomic E-state index is 6.05. The molecule has 0 aliphatic carbocycles. The van der Waals surface area contributed by atoms with E-state index in [2.05, 4.69) is 36.3 Å². The van der Waals surface area contributed by atoms with Crippen LogP contribution in [0.2, 0.25) is 5.02 Å². The third kappa shape index (κ3) is 4.13. The summed E-state index contributed by atoms with van der Waals surface area (Å²) in [5.41, 5.74) is 2.54. The highest BCUT2D eigenvalue weighted by atomic mass is 35.5. The number of halogens is 2. The second kappa shape index (κ2) is 7.34. The molecular formula is C14H22Cl2N2. The molecule has 1 aromatic rings. The Bertz CT molecular complexity index is 382. The number of likely N-dealkylation sites (tertiary alicyclic amines) is 1. The van der Waals surface area contributed by atoms with Gasteiger partial charge in [-0.05, 0) is 50.6 Å². The lowest BCUT2D eigenvalue weighted by Crippen LogP contribution is -2.43. The minimum Gasteiger partial charge on any atom is -0.316 e. The van der Waals surface area contributed by atoms with E-state index in [-0.39, 0.29) is 12.4 Å². The van der Waals surface area contributed by atoms with Crippen LogP contribution in [0.3, 0.4) is 0 Å². The summed E-state index contributed by atoms with van der Waals surface area (Å²) in [7, 11) is 2.06. The highest BCUT2D eigenvalue weighted by molar-refractivity contribution is 6.31. The SMILES string of the molecule is CNC1CCCN(Cc2ccc(Cl)c(C)c2)C1.Cl. The topological polar surface area (TPSA) is 15.3 Å². The maximum Gasteiger partial charge on any atom is 0.0435 e. The van der Waals surface area contributed by atoms with E-state index in [0.29, 0.717) is 6.04 Å². The van der Waals surface area contributed by atoms with Crippen LogP contribution in [0.1, 0.15) is 24.0 Å². The fourth-order valence-electron chi connectivity index (χ4n) is 2.50. The summed E-state index contributed by atoms with van der Waals surface area (Å²) in [6.45, 7) is 5.46. The van der Waals surface area contributed by atoms with Crippen molar-refractivity contribution in [3.63, 3.8) is 0 Å². The van der Waals surface area contributed by atoms with Crippen molar-refractivity contribution in [3.8, 4) is 0 Å². The molecule has 4 heteroatoms. The van der Waals surface area contributed by atoms with Crippen molar-refractivity contribution in [3.05, 3.63) is 34.3 Å². The van der Waals surface area contributed by atoms with Gasteiger partial charge in [-0.3, -0.25) is 4.90 Å². The van der Waals surface area contributed by atoms with Gasteiger partial charge in [0.25, 0.3) is 0 Å². The van der Waals surface area contributed by atoms with E-state index in [9.17, 15) is 0 Å². The van der Waals surface area contributed by atoms with Gasteiger partial charge < -0.3 is 5.32 Å². The molecule has 0 radical (unpaired) electrons. The molecular weight excluding hydrogens is 267 g/mol. The van der Waals surface area contributed by atoms with Gasteiger partial charge in [-0.25, -0.2) is 0 Å². The standard InChI is InChI=1S/C14H21ClN2.ClH/c1-11-8-12(5-6-14(11)15)9-17-7-3-4-13(10-17)16-2;/h5-6,8,13,16H,3-4,7,9-10H2,1-2H3;1H. The lowest BCUT2D eigenvalue weighted by Gasteiger charge is -2.32. The molecule has 1 atom stereocenters. The molecule has 1 aliphatic heterocycles. The lowest BCUT2D eigenvalue weighted by molar-refractivity contribution is 0.188. The summed E-state index contributed by atoms with van der Waals surface area (Å²) >= 11 is 6.05. The second-order valence-corrected chi connectivity index (χ2v) is 5.35. The monoisotopic (exact) mass is 288 g/mol. The van der Waals surface area contributed by atoms with E-state index in [4.69, 9.17) is 11.6 Å². The summed E-state index contributed by atoms with van der Waals surface area (Å²) in [5, 5.41) is 4.24. The van der Waals surface area contributed by atoms with Crippen LogP contribution in [-0.4, -0.2) is 31.1 Å². The van der Waals surface area contributed by atoms with Crippen LogP contribution in [0.25, 0.3) is 0 Å². The molecule has 0 saturated carbocycles. The molecule has 1 saturated heterocycles. The van der Waals surface area contributed by atoms with Crippen LogP contribution < -0.4 is 5.32 Å². The number of aryl methyl sites for hydroxylation is 1. The van der Waals surface area contributed by atoms with Crippen LogP contribution in [0.15, 0.2) is 18.2 Å².